The zero-order valence-corrected chi connectivity index (χ0v) is 14.8. The molecular formula is C18H16BrN5O. The standard InChI is InChI=1S/C18H16BrN5O/c19-13-6-7-16(23-11-13)18(25)24-14-4-1-3-12(9-14)10-22-15-5-2-8-21-17(15)20/h1-9,11,22H,10H2,(H2,20,21)(H,24,25). The monoisotopic (exact) mass is 397 g/mol. The van der Waals surface area contributed by atoms with Gasteiger partial charge in [-0.1, -0.05) is 12.1 Å². The van der Waals surface area contributed by atoms with Gasteiger partial charge in [0.15, 0.2) is 0 Å². The Morgan fingerprint density at radius 2 is 2.00 bits per heavy atom. The van der Waals surface area contributed by atoms with Crippen LogP contribution in [-0.4, -0.2) is 15.9 Å². The maximum absolute atomic E-state index is 12.2. The number of nitrogen functional groups attached to an aromatic ring is 1. The number of aromatic nitrogens is 2. The van der Waals surface area contributed by atoms with Crippen molar-refractivity contribution in [1.82, 2.24) is 9.97 Å². The fraction of sp³-hybridized carbons (Fsp3) is 0.0556. The van der Waals surface area contributed by atoms with Crippen LogP contribution >= 0.6 is 15.9 Å². The molecule has 0 unspecified atom stereocenters. The average molecular weight is 398 g/mol. The molecule has 3 rings (SSSR count). The quantitative estimate of drug-likeness (QED) is 0.610. The number of hydrogen-bond acceptors (Lipinski definition) is 5. The zero-order chi connectivity index (χ0) is 17.6. The Balaban J connectivity index is 1.66. The Kier molecular flexibility index (Phi) is 5.25. The number of amides is 1. The number of anilines is 3. The molecule has 0 radical (unpaired) electrons. The molecule has 0 fully saturated rings. The van der Waals surface area contributed by atoms with E-state index < -0.39 is 0 Å². The van der Waals surface area contributed by atoms with E-state index in [1.807, 2.05) is 36.4 Å². The lowest BCUT2D eigenvalue weighted by Gasteiger charge is -2.10. The molecule has 0 bridgehead atoms. The highest BCUT2D eigenvalue weighted by molar-refractivity contribution is 9.10. The predicted octanol–water partition coefficient (Wildman–Crippen LogP) is 3.69. The lowest BCUT2D eigenvalue weighted by Crippen LogP contribution is -2.13. The summed E-state index contributed by atoms with van der Waals surface area (Å²) in [6, 6.07) is 14.7. The molecule has 0 saturated carbocycles. The summed E-state index contributed by atoms with van der Waals surface area (Å²) in [7, 11) is 0. The molecule has 0 aliphatic heterocycles. The fourth-order valence-electron chi connectivity index (χ4n) is 2.23. The fourth-order valence-corrected chi connectivity index (χ4v) is 2.46. The minimum absolute atomic E-state index is 0.255. The molecule has 0 saturated heterocycles. The number of rotatable bonds is 5. The molecule has 25 heavy (non-hydrogen) atoms. The Labute approximate surface area is 153 Å². The number of carbonyl (C=O) groups excluding carboxylic acids is 1. The predicted molar refractivity (Wildman–Crippen MR) is 102 cm³/mol. The first-order valence-corrected chi connectivity index (χ1v) is 8.37. The van der Waals surface area contributed by atoms with Crippen molar-refractivity contribution in [2.45, 2.75) is 6.54 Å². The summed E-state index contributed by atoms with van der Waals surface area (Å²) in [5.41, 5.74) is 8.65. The summed E-state index contributed by atoms with van der Waals surface area (Å²) in [6.45, 7) is 0.566. The van der Waals surface area contributed by atoms with Crippen molar-refractivity contribution < 1.29 is 4.79 Å². The minimum Gasteiger partial charge on any atom is -0.382 e. The van der Waals surface area contributed by atoms with Crippen LogP contribution in [-0.2, 0) is 6.54 Å². The molecule has 0 spiro atoms. The van der Waals surface area contributed by atoms with E-state index in [9.17, 15) is 4.79 Å². The summed E-state index contributed by atoms with van der Waals surface area (Å²) in [4.78, 5) is 20.4. The smallest absolute Gasteiger partial charge is 0.274 e. The van der Waals surface area contributed by atoms with E-state index in [0.717, 1.165) is 15.7 Å². The molecule has 1 aromatic carbocycles. The van der Waals surface area contributed by atoms with Gasteiger partial charge in [0.25, 0.3) is 5.91 Å². The molecule has 2 heterocycles. The highest BCUT2D eigenvalue weighted by Crippen LogP contribution is 2.17. The highest BCUT2D eigenvalue weighted by Gasteiger charge is 2.08. The maximum Gasteiger partial charge on any atom is 0.274 e. The first-order valence-electron chi connectivity index (χ1n) is 7.58. The second-order valence-electron chi connectivity index (χ2n) is 5.31. The third-order valence-electron chi connectivity index (χ3n) is 3.47. The van der Waals surface area contributed by atoms with Crippen LogP contribution in [0.1, 0.15) is 16.1 Å². The Morgan fingerprint density at radius 1 is 1.12 bits per heavy atom. The first kappa shape index (κ1) is 16.9. The number of nitrogens with two attached hydrogens (primary N) is 1. The Bertz CT molecular complexity index is 883. The summed E-state index contributed by atoms with van der Waals surface area (Å²) < 4.78 is 0.826. The van der Waals surface area contributed by atoms with Crippen molar-refractivity contribution in [2.24, 2.45) is 0 Å². The van der Waals surface area contributed by atoms with E-state index in [1.165, 1.54) is 0 Å². The number of nitrogens with zero attached hydrogens (tertiary/aromatic N) is 2. The lowest BCUT2D eigenvalue weighted by atomic mass is 10.2. The number of halogens is 1. The Hall–Kier alpha value is -2.93. The molecule has 2 aromatic heterocycles. The van der Waals surface area contributed by atoms with Crippen LogP contribution in [0.25, 0.3) is 0 Å². The third-order valence-corrected chi connectivity index (χ3v) is 3.94. The summed E-state index contributed by atoms with van der Waals surface area (Å²) in [6.07, 6.45) is 3.24. The van der Waals surface area contributed by atoms with Crippen molar-refractivity contribution in [1.29, 1.82) is 0 Å². The van der Waals surface area contributed by atoms with E-state index in [-0.39, 0.29) is 5.91 Å². The summed E-state index contributed by atoms with van der Waals surface area (Å²) >= 11 is 3.30. The van der Waals surface area contributed by atoms with Crippen LogP contribution < -0.4 is 16.4 Å². The van der Waals surface area contributed by atoms with E-state index >= 15 is 0 Å². The second-order valence-corrected chi connectivity index (χ2v) is 6.22. The van der Waals surface area contributed by atoms with Gasteiger partial charge in [-0.25, -0.2) is 9.97 Å². The van der Waals surface area contributed by atoms with Crippen molar-refractivity contribution in [3.05, 3.63) is 76.7 Å². The van der Waals surface area contributed by atoms with Crippen LogP contribution in [0.5, 0.6) is 0 Å². The van der Waals surface area contributed by atoms with Gasteiger partial charge in [0.2, 0.25) is 0 Å². The maximum atomic E-state index is 12.2. The zero-order valence-electron chi connectivity index (χ0n) is 13.2. The van der Waals surface area contributed by atoms with Crippen LogP contribution in [0.15, 0.2) is 65.4 Å². The van der Waals surface area contributed by atoms with Crippen molar-refractivity contribution in [3.8, 4) is 0 Å². The number of benzene rings is 1. The molecule has 1 amide bonds. The van der Waals surface area contributed by atoms with Gasteiger partial charge in [0.1, 0.15) is 11.5 Å². The van der Waals surface area contributed by atoms with Crippen LogP contribution in [0, 0.1) is 0 Å². The topological polar surface area (TPSA) is 92.9 Å². The number of carbonyl (C=O) groups is 1. The lowest BCUT2D eigenvalue weighted by molar-refractivity contribution is 0.102. The number of hydrogen-bond donors (Lipinski definition) is 3. The summed E-state index contributed by atoms with van der Waals surface area (Å²) in [5, 5.41) is 6.08. The van der Waals surface area contributed by atoms with Gasteiger partial charge in [-0.3, -0.25) is 4.79 Å². The van der Waals surface area contributed by atoms with Gasteiger partial charge < -0.3 is 16.4 Å². The van der Waals surface area contributed by atoms with Crippen molar-refractivity contribution in [3.63, 3.8) is 0 Å². The molecule has 0 atom stereocenters. The number of nitrogens with one attached hydrogen (secondary N) is 2. The van der Waals surface area contributed by atoms with Crippen molar-refractivity contribution in [2.75, 3.05) is 16.4 Å². The van der Waals surface area contributed by atoms with Crippen molar-refractivity contribution >= 4 is 39.0 Å². The third kappa shape index (κ3) is 4.54. The SMILES string of the molecule is Nc1ncccc1NCc1cccc(NC(=O)c2ccc(Br)cn2)c1. The molecule has 6 nitrogen and oxygen atoms in total. The molecular weight excluding hydrogens is 382 g/mol. The van der Waals surface area contributed by atoms with E-state index in [1.54, 1.807) is 24.5 Å². The summed E-state index contributed by atoms with van der Waals surface area (Å²) in [5.74, 6) is 0.197. The van der Waals surface area contributed by atoms with Gasteiger partial charge in [-0.05, 0) is 57.9 Å². The molecule has 0 aliphatic carbocycles. The van der Waals surface area contributed by atoms with Gasteiger partial charge in [0.05, 0.1) is 5.69 Å². The first-order chi connectivity index (χ1) is 12.1. The minimum atomic E-state index is -0.255. The molecule has 7 heteroatoms. The molecule has 126 valence electrons. The van der Waals surface area contributed by atoms with E-state index in [4.69, 9.17) is 5.73 Å². The van der Waals surface area contributed by atoms with Crippen LogP contribution in [0.2, 0.25) is 0 Å². The van der Waals surface area contributed by atoms with Crippen LogP contribution in [0.3, 0.4) is 0 Å². The van der Waals surface area contributed by atoms with Gasteiger partial charge in [0, 0.05) is 29.1 Å². The molecule has 4 N–H and O–H groups in total. The van der Waals surface area contributed by atoms with Gasteiger partial charge in [-0.2, -0.15) is 0 Å². The average Bonchev–Trinajstić information content (AvgIpc) is 2.62. The van der Waals surface area contributed by atoms with E-state index in [0.29, 0.717) is 23.7 Å². The number of pyridine rings is 2. The van der Waals surface area contributed by atoms with Crippen LogP contribution in [0.4, 0.5) is 17.2 Å². The Morgan fingerprint density at radius 3 is 2.76 bits per heavy atom. The molecule has 3 aromatic rings. The normalized spacial score (nSPS) is 10.3. The second kappa shape index (κ2) is 7.76. The van der Waals surface area contributed by atoms with Gasteiger partial charge in [-0.15, -0.1) is 0 Å². The van der Waals surface area contributed by atoms with E-state index in [2.05, 4.69) is 36.5 Å². The van der Waals surface area contributed by atoms with Gasteiger partial charge >= 0.3 is 0 Å². The highest BCUT2D eigenvalue weighted by atomic mass is 79.9. The largest absolute Gasteiger partial charge is 0.382 e. The molecule has 0 aliphatic rings.